The van der Waals surface area contributed by atoms with Gasteiger partial charge in [-0.25, -0.2) is 26.3 Å². The maximum atomic E-state index is 12.1. The molecule has 0 rings (SSSR count). The molecule has 0 aliphatic carbocycles. The van der Waals surface area contributed by atoms with Gasteiger partial charge in [0.1, 0.15) is 12.7 Å². The zero-order valence-electron chi connectivity index (χ0n) is 5.99. The predicted molar refractivity (Wildman–Crippen MR) is 31.5 cm³/mol. The molecule has 76 valence electrons. The third-order valence-electron chi connectivity index (χ3n) is 0.881. The summed E-state index contributed by atoms with van der Waals surface area (Å²) in [5.74, 6) is -4.15. The van der Waals surface area contributed by atoms with Crippen molar-refractivity contribution in [1.82, 2.24) is 0 Å². The first-order valence-corrected chi connectivity index (χ1v) is 2.88. The van der Waals surface area contributed by atoms with E-state index in [0.717, 1.165) is 0 Å². The van der Waals surface area contributed by atoms with Crippen LogP contribution in [0.5, 0.6) is 0 Å². The molecule has 7 heteroatoms. The smallest absolute Gasteiger partial charge is 0.256 e. The van der Waals surface area contributed by atoms with Gasteiger partial charge in [-0.15, -0.1) is 0 Å². The number of rotatable bonds is 4. The van der Waals surface area contributed by atoms with Crippen molar-refractivity contribution in [3.8, 4) is 0 Å². The Balaban J connectivity index is 4.14. The molecule has 0 heterocycles. The molecule has 0 amide bonds. The lowest BCUT2D eigenvalue weighted by Crippen LogP contribution is -2.15. The zero-order chi connectivity index (χ0) is 10.4. The molecule has 0 spiro atoms. The highest BCUT2D eigenvalue weighted by Crippen LogP contribution is 2.18. The molecule has 1 nitrogen and oxygen atoms in total. The minimum atomic E-state index is -3.11. The molecule has 0 aromatic heterocycles. The third-order valence-corrected chi connectivity index (χ3v) is 0.881. The number of hydrogen-bond donors (Lipinski definition) is 0. The fourth-order valence-electron chi connectivity index (χ4n) is 0.334. The second-order valence-corrected chi connectivity index (χ2v) is 1.76. The van der Waals surface area contributed by atoms with Gasteiger partial charge < -0.3 is 4.74 Å². The monoisotopic (exact) mass is 206 g/mol. The van der Waals surface area contributed by atoms with E-state index in [4.69, 9.17) is 0 Å². The first-order valence-electron chi connectivity index (χ1n) is 2.88. The van der Waals surface area contributed by atoms with Crippen LogP contribution in [0.15, 0.2) is 24.3 Å². The zero-order valence-corrected chi connectivity index (χ0v) is 5.99. The van der Waals surface area contributed by atoms with E-state index in [-0.39, 0.29) is 0 Å². The molecule has 2 atom stereocenters. The van der Waals surface area contributed by atoms with Gasteiger partial charge in [0, 0.05) is 0 Å². The van der Waals surface area contributed by atoms with E-state index < -0.39 is 37.0 Å². The van der Waals surface area contributed by atoms with Crippen molar-refractivity contribution in [2.75, 3.05) is 0 Å². The summed E-state index contributed by atoms with van der Waals surface area (Å²) in [7, 11) is 0. The van der Waals surface area contributed by atoms with Gasteiger partial charge >= 0.3 is 0 Å². The van der Waals surface area contributed by atoms with Gasteiger partial charge in [-0.2, -0.15) is 0 Å². The Morgan fingerprint density at radius 1 is 0.923 bits per heavy atom. The highest BCUT2D eigenvalue weighted by molar-refractivity contribution is 4.93. The molecule has 0 aliphatic rings. The van der Waals surface area contributed by atoms with E-state index in [1.807, 2.05) is 0 Å². The molecule has 0 radical (unpaired) electrons. The van der Waals surface area contributed by atoms with E-state index in [9.17, 15) is 26.3 Å². The Morgan fingerprint density at radius 2 is 1.23 bits per heavy atom. The van der Waals surface area contributed by atoms with E-state index in [1.54, 1.807) is 0 Å². The number of hydrogen-bond acceptors (Lipinski definition) is 1. The molecule has 2 unspecified atom stereocenters. The Kier molecular flexibility index (Phi) is 5.20. The Bertz CT molecular complexity index is 191. The van der Waals surface area contributed by atoms with Crippen LogP contribution in [-0.4, -0.2) is 12.7 Å². The molecule has 0 saturated carbocycles. The van der Waals surface area contributed by atoms with E-state index in [1.165, 1.54) is 0 Å². The van der Waals surface area contributed by atoms with Crippen molar-refractivity contribution >= 4 is 0 Å². The number of halogens is 6. The van der Waals surface area contributed by atoms with Crippen molar-refractivity contribution in [2.45, 2.75) is 12.7 Å². The quantitative estimate of drug-likeness (QED) is 0.642. The molecule has 0 aliphatic heterocycles. The van der Waals surface area contributed by atoms with E-state index >= 15 is 0 Å². The summed E-state index contributed by atoms with van der Waals surface area (Å²) in [5, 5.41) is 0. The van der Waals surface area contributed by atoms with Gasteiger partial charge in [0.15, 0.2) is 11.7 Å². The minimum absolute atomic E-state index is 0.825. The minimum Gasteiger partial charge on any atom is -0.301 e. The SMILES string of the molecule is FC=C(F)C(F)OC(F)C(F)=CF. The third kappa shape index (κ3) is 3.97. The molecule has 13 heavy (non-hydrogen) atoms. The van der Waals surface area contributed by atoms with Crippen LogP contribution in [0.25, 0.3) is 0 Å². The second kappa shape index (κ2) is 5.63. The standard InChI is InChI=1S/C6H4F6O/c7-1-3(9)5(11)13-6(12)4(10)2-8/h1-2,5-6H. The van der Waals surface area contributed by atoms with Crippen LogP contribution in [0.3, 0.4) is 0 Å². The van der Waals surface area contributed by atoms with Crippen LogP contribution in [-0.2, 0) is 4.74 Å². The first kappa shape index (κ1) is 12.0. The highest BCUT2D eigenvalue weighted by atomic mass is 19.2. The van der Waals surface area contributed by atoms with Gasteiger partial charge in [0.05, 0.1) is 0 Å². The number of alkyl halides is 2. The Labute approximate surface area is 69.3 Å². The molecule has 0 aromatic rings. The maximum absolute atomic E-state index is 12.1. The van der Waals surface area contributed by atoms with Crippen LogP contribution in [0.2, 0.25) is 0 Å². The average molecular weight is 206 g/mol. The lowest BCUT2D eigenvalue weighted by molar-refractivity contribution is -0.119. The Hall–Kier alpha value is -0.980. The highest BCUT2D eigenvalue weighted by Gasteiger charge is 2.23. The maximum Gasteiger partial charge on any atom is 0.256 e. The van der Waals surface area contributed by atoms with Crippen LogP contribution in [0.4, 0.5) is 26.3 Å². The lowest BCUT2D eigenvalue weighted by atomic mass is 10.5. The van der Waals surface area contributed by atoms with Crippen molar-refractivity contribution < 1.29 is 31.1 Å². The van der Waals surface area contributed by atoms with Crippen LogP contribution < -0.4 is 0 Å². The fourth-order valence-corrected chi connectivity index (χ4v) is 0.334. The molecule has 0 aromatic carbocycles. The summed E-state index contributed by atoms with van der Waals surface area (Å²) in [4.78, 5) is 0. The van der Waals surface area contributed by atoms with Crippen molar-refractivity contribution in [1.29, 1.82) is 0 Å². The first-order chi connectivity index (χ1) is 6.02. The summed E-state index contributed by atoms with van der Waals surface area (Å²) >= 11 is 0. The topological polar surface area (TPSA) is 9.23 Å². The van der Waals surface area contributed by atoms with Gasteiger partial charge in [-0.1, -0.05) is 0 Å². The molecular formula is C6H4F6O. The van der Waals surface area contributed by atoms with Crippen molar-refractivity contribution in [3.05, 3.63) is 24.3 Å². The molecule has 0 saturated heterocycles. The van der Waals surface area contributed by atoms with Gasteiger partial charge in [-0.05, 0) is 0 Å². The molecule has 0 N–H and O–H groups in total. The normalized spacial score (nSPS) is 18.6. The lowest BCUT2D eigenvalue weighted by Gasteiger charge is -2.09. The van der Waals surface area contributed by atoms with E-state index in [0.29, 0.717) is 0 Å². The summed E-state index contributed by atoms with van der Waals surface area (Å²) in [6.07, 6.45) is -7.86. The van der Waals surface area contributed by atoms with Gasteiger partial charge in [-0.3, -0.25) is 0 Å². The number of ether oxygens (including phenoxy) is 1. The van der Waals surface area contributed by atoms with Gasteiger partial charge in [0.25, 0.3) is 12.7 Å². The van der Waals surface area contributed by atoms with Crippen LogP contribution in [0, 0.1) is 0 Å². The summed E-state index contributed by atoms with van der Waals surface area (Å²) < 4.78 is 73.5. The predicted octanol–water partition coefficient (Wildman–Crippen LogP) is 3.16. The van der Waals surface area contributed by atoms with Gasteiger partial charge in [0.2, 0.25) is 0 Å². The van der Waals surface area contributed by atoms with E-state index in [2.05, 4.69) is 4.74 Å². The summed E-state index contributed by atoms with van der Waals surface area (Å²) in [6, 6.07) is 0. The van der Waals surface area contributed by atoms with Crippen LogP contribution >= 0.6 is 0 Å². The molecule has 0 bridgehead atoms. The summed E-state index contributed by atoms with van der Waals surface area (Å²) in [5.41, 5.74) is 0. The summed E-state index contributed by atoms with van der Waals surface area (Å²) in [6.45, 7) is 0. The van der Waals surface area contributed by atoms with Crippen molar-refractivity contribution in [2.24, 2.45) is 0 Å². The fraction of sp³-hybridized carbons (Fsp3) is 0.333. The largest absolute Gasteiger partial charge is 0.301 e. The Morgan fingerprint density at radius 3 is 1.46 bits per heavy atom. The second-order valence-electron chi connectivity index (χ2n) is 1.76. The van der Waals surface area contributed by atoms with Crippen LogP contribution in [0.1, 0.15) is 0 Å². The van der Waals surface area contributed by atoms with Crippen molar-refractivity contribution in [3.63, 3.8) is 0 Å². The molecule has 0 fully saturated rings. The average Bonchev–Trinajstić information content (AvgIpc) is 2.14. The molecular weight excluding hydrogens is 202 g/mol.